The summed E-state index contributed by atoms with van der Waals surface area (Å²) in [6.45, 7) is 1.81. The van der Waals surface area contributed by atoms with Gasteiger partial charge in [0.15, 0.2) is 9.84 Å². The van der Waals surface area contributed by atoms with Crippen LogP contribution in [0.15, 0.2) is 29.2 Å². The first-order chi connectivity index (χ1) is 6.60. The fraction of sp³-hybridized carbons (Fsp3) is 0.300. The van der Waals surface area contributed by atoms with Crippen LogP contribution in [0.2, 0.25) is 0 Å². The van der Waals surface area contributed by atoms with Gasteiger partial charge in [0.2, 0.25) is 0 Å². The Labute approximate surface area is 83.7 Å². The molecule has 3 nitrogen and oxygen atoms in total. The summed E-state index contributed by atoms with van der Waals surface area (Å²) in [5.74, 6) is 0.120. The van der Waals surface area contributed by atoms with Crippen LogP contribution in [0.1, 0.15) is 23.7 Å². The van der Waals surface area contributed by atoms with Gasteiger partial charge in [0.1, 0.15) is 6.29 Å². The Morgan fingerprint density at radius 2 is 2.07 bits per heavy atom. The smallest absolute Gasteiger partial charge is 0.178 e. The molecule has 0 amide bonds. The Balaban J connectivity index is 3.13. The van der Waals surface area contributed by atoms with Crippen molar-refractivity contribution < 1.29 is 13.2 Å². The first-order valence-corrected chi connectivity index (χ1v) is 6.03. The average Bonchev–Trinajstić information content (AvgIpc) is 2.18. The largest absolute Gasteiger partial charge is 0.298 e. The molecule has 0 aliphatic rings. The van der Waals surface area contributed by atoms with E-state index in [4.69, 9.17) is 0 Å². The summed E-state index contributed by atoms with van der Waals surface area (Å²) in [5, 5.41) is 0. The van der Waals surface area contributed by atoms with Crippen LogP contribution in [0, 0.1) is 0 Å². The Morgan fingerprint density at radius 1 is 1.36 bits per heavy atom. The summed E-state index contributed by atoms with van der Waals surface area (Å²) in [4.78, 5) is 10.7. The summed E-state index contributed by atoms with van der Waals surface area (Å²) < 4.78 is 23.2. The predicted octanol–water partition coefficient (Wildman–Crippen LogP) is 1.68. The zero-order chi connectivity index (χ0) is 10.6. The fourth-order valence-electron chi connectivity index (χ4n) is 1.17. The first-order valence-electron chi connectivity index (χ1n) is 4.38. The molecule has 0 saturated heterocycles. The third kappa shape index (κ3) is 2.42. The molecule has 0 N–H and O–H groups in total. The Hall–Kier alpha value is -1.16. The molecule has 1 rings (SSSR count). The van der Waals surface area contributed by atoms with E-state index in [-0.39, 0.29) is 10.6 Å². The molecule has 0 aromatic heterocycles. The Bertz CT molecular complexity index is 421. The van der Waals surface area contributed by atoms with Crippen molar-refractivity contribution in [3.8, 4) is 0 Å². The second-order valence-electron chi connectivity index (χ2n) is 3.01. The molecule has 0 saturated carbocycles. The van der Waals surface area contributed by atoms with Gasteiger partial charge in [0.25, 0.3) is 0 Å². The minimum atomic E-state index is -3.20. The Kier molecular flexibility index (Phi) is 3.41. The second kappa shape index (κ2) is 4.37. The van der Waals surface area contributed by atoms with Crippen molar-refractivity contribution in [2.24, 2.45) is 0 Å². The number of benzene rings is 1. The SMILES string of the molecule is CCCS(=O)(=O)c1cccc(C=O)c1. The van der Waals surface area contributed by atoms with Gasteiger partial charge in [0.05, 0.1) is 10.6 Å². The van der Waals surface area contributed by atoms with E-state index < -0.39 is 9.84 Å². The van der Waals surface area contributed by atoms with Crippen LogP contribution in [0.3, 0.4) is 0 Å². The summed E-state index contributed by atoms with van der Waals surface area (Å²) >= 11 is 0. The number of sulfone groups is 1. The highest BCUT2D eigenvalue weighted by atomic mass is 32.2. The molecule has 0 atom stereocenters. The van der Waals surface area contributed by atoms with E-state index in [0.29, 0.717) is 18.3 Å². The van der Waals surface area contributed by atoms with Crippen molar-refractivity contribution in [2.45, 2.75) is 18.2 Å². The highest BCUT2D eigenvalue weighted by Gasteiger charge is 2.12. The molecule has 1 aromatic carbocycles. The molecule has 0 unspecified atom stereocenters. The third-order valence-corrected chi connectivity index (χ3v) is 3.74. The van der Waals surface area contributed by atoms with Crippen LogP contribution in [0.25, 0.3) is 0 Å². The minimum Gasteiger partial charge on any atom is -0.298 e. The summed E-state index contributed by atoms with van der Waals surface area (Å²) in [7, 11) is -3.20. The van der Waals surface area contributed by atoms with E-state index in [2.05, 4.69) is 0 Å². The zero-order valence-corrected chi connectivity index (χ0v) is 8.75. The lowest BCUT2D eigenvalue weighted by atomic mass is 10.2. The quantitative estimate of drug-likeness (QED) is 0.713. The lowest BCUT2D eigenvalue weighted by Gasteiger charge is -2.02. The number of carbonyl (C=O) groups is 1. The van der Waals surface area contributed by atoms with Gasteiger partial charge in [-0.1, -0.05) is 19.1 Å². The van der Waals surface area contributed by atoms with Crippen LogP contribution in [-0.4, -0.2) is 20.5 Å². The molecule has 76 valence electrons. The van der Waals surface area contributed by atoms with Crippen LogP contribution >= 0.6 is 0 Å². The molecule has 0 aliphatic heterocycles. The van der Waals surface area contributed by atoms with Gasteiger partial charge >= 0.3 is 0 Å². The van der Waals surface area contributed by atoms with E-state index in [1.807, 2.05) is 0 Å². The van der Waals surface area contributed by atoms with Crippen LogP contribution in [0.4, 0.5) is 0 Å². The molecule has 1 aromatic rings. The van der Waals surface area contributed by atoms with E-state index >= 15 is 0 Å². The van der Waals surface area contributed by atoms with Gasteiger partial charge < -0.3 is 0 Å². The normalized spacial score (nSPS) is 11.2. The van der Waals surface area contributed by atoms with Crippen molar-refractivity contribution in [2.75, 3.05) is 5.75 Å². The number of hydrogen-bond donors (Lipinski definition) is 0. The molecule has 0 fully saturated rings. The predicted molar refractivity (Wildman–Crippen MR) is 54.2 cm³/mol. The Morgan fingerprint density at radius 3 is 2.64 bits per heavy atom. The molecule has 0 spiro atoms. The summed E-state index contributed by atoms with van der Waals surface area (Å²) in [5.41, 5.74) is 0.391. The van der Waals surface area contributed by atoms with Crippen molar-refractivity contribution in [3.05, 3.63) is 29.8 Å². The van der Waals surface area contributed by atoms with Crippen molar-refractivity contribution in [1.29, 1.82) is 0 Å². The van der Waals surface area contributed by atoms with Crippen LogP contribution in [0.5, 0.6) is 0 Å². The highest BCUT2D eigenvalue weighted by molar-refractivity contribution is 7.91. The zero-order valence-electron chi connectivity index (χ0n) is 7.93. The van der Waals surface area contributed by atoms with Gasteiger partial charge in [-0.05, 0) is 18.6 Å². The average molecular weight is 212 g/mol. The maximum Gasteiger partial charge on any atom is 0.178 e. The number of carbonyl (C=O) groups excluding carboxylic acids is 1. The third-order valence-electron chi connectivity index (χ3n) is 1.83. The van der Waals surface area contributed by atoms with Gasteiger partial charge in [-0.2, -0.15) is 0 Å². The standard InChI is InChI=1S/C10H12O3S/c1-2-6-14(12,13)10-5-3-4-9(7-10)8-11/h3-5,7-8H,2,6H2,1H3. The highest BCUT2D eigenvalue weighted by Crippen LogP contribution is 2.12. The van der Waals surface area contributed by atoms with Gasteiger partial charge in [0, 0.05) is 5.56 Å². The molecular weight excluding hydrogens is 200 g/mol. The van der Waals surface area contributed by atoms with Crippen LogP contribution in [-0.2, 0) is 9.84 Å². The van der Waals surface area contributed by atoms with Crippen LogP contribution < -0.4 is 0 Å². The summed E-state index contributed by atoms with van der Waals surface area (Å²) in [6, 6.07) is 6.07. The monoisotopic (exact) mass is 212 g/mol. The number of rotatable bonds is 4. The molecule has 0 radical (unpaired) electrons. The maximum absolute atomic E-state index is 11.6. The summed E-state index contributed by atoms with van der Waals surface area (Å²) in [6.07, 6.45) is 1.22. The van der Waals surface area contributed by atoms with Gasteiger partial charge in [-0.15, -0.1) is 0 Å². The van der Waals surface area contributed by atoms with E-state index in [9.17, 15) is 13.2 Å². The number of aldehydes is 1. The first kappa shape index (κ1) is 10.9. The molecule has 4 heteroatoms. The fourth-order valence-corrected chi connectivity index (χ4v) is 2.54. The van der Waals surface area contributed by atoms with Gasteiger partial charge in [-0.25, -0.2) is 8.42 Å². The topological polar surface area (TPSA) is 51.2 Å². The maximum atomic E-state index is 11.6. The number of hydrogen-bond acceptors (Lipinski definition) is 3. The van der Waals surface area contributed by atoms with Gasteiger partial charge in [-0.3, -0.25) is 4.79 Å². The molecule has 0 aliphatic carbocycles. The van der Waals surface area contributed by atoms with Crippen molar-refractivity contribution in [1.82, 2.24) is 0 Å². The lowest BCUT2D eigenvalue weighted by Crippen LogP contribution is -2.06. The van der Waals surface area contributed by atoms with Crippen molar-refractivity contribution >= 4 is 16.1 Å². The molecule has 14 heavy (non-hydrogen) atoms. The molecule has 0 heterocycles. The van der Waals surface area contributed by atoms with E-state index in [1.165, 1.54) is 12.1 Å². The lowest BCUT2D eigenvalue weighted by molar-refractivity contribution is 0.112. The minimum absolute atomic E-state index is 0.120. The van der Waals surface area contributed by atoms with Crippen molar-refractivity contribution in [3.63, 3.8) is 0 Å². The van der Waals surface area contributed by atoms with E-state index in [1.54, 1.807) is 19.1 Å². The van der Waals surface area contributed by atoms with E-state index in [0.717, 1.165) is 0 Å². The molecular formula is C10H12O3S. The molecule has 0 bridgehead atoms. The second-order valence-corrected chi connectivity index (χ2v) is 5.12.